The van der Waals surface area contributed by atoms with Crippen LogP contribution in [0.4, 0.5) is 18.9 Å². The molecular formula is C19H12Cl2F3N7O2. The van der Waals surface area contributed by atoms with Crippen LogP contribution in [0.5, 0.6) is 0 Å². The average molecular weight is 498 g/mol. The monoisotopic (exact) mass is 497 g/mol. The summed E-state index contributed by atoms with van der Waals surface area (Å²) in [6, 6.07) is 4.83. The molecule has 0 radical (unpaired) electrons. The van der Waals surface area contributed by atoms with Crippen LogP contribution in [0.1, 0.15) is 26.5 Å². The van der Waals surface area contributed by atoms with Crippen LogP contribution in [0.3, 0.4) is 0 Å². The molecule has 2 amide bonds. The Morgan fingerprint density at radius 2 is 1.91 bits per heavy atom. The Bertz CT molecular complexity index is 1400. The number of alkyl halides is 3. The van der Waals surface area contributed by atoms with Gasteiger partial charge in [0.15, 0.2) is 11.5 Å². The molecule has 14 heteroatoms. The minimum absolute atomic E-state index is 0.0335. The molecule has 3 N–H and O–H groups in total. The third kappa shape index (κ3) is 4.10. The van der Waals surface area contributed by atoms with Crippen LogP contribution in [0.2, 0.25) is 10.0 Å². The molecule has 0 aliphatic heterocycles. The predicted octanol–water partition coefficient (Wildman–Crippen LogP) is 4.08. The van der Waals surface area contributed by atoms with Crippen molar-refractivity contribution in [3.8, 4) is 5.82 Å². The minimum atomic E-state index is -4.85. The van der Waals surface area contributed by atoms with E-state index in [0.717, 1.165) is 0 Å². The lowest BCUT2D eigenvalue weighted by molar-refractivity contribution is -0.141. The molecule has 4 rings (SSSR count). The van der Waals surface area contributed by atoms with Crippen LogP contribution in [-0.4, -0.2) is 43.8 Å². The van der Waals surface area contributed by atoms with Crippen molar-refractivity contribution in [2.45, 2.75) is 6.18 Å². The fourth-order valence-electron chi connectivity index (χ4n) is 3.09. The lowest BCUT2D eigenvalue weighted by Crippen LogP contribution is -2.23. The van der Waals surface area contributed by atoms with Gasteiger partial charge in [0.1, 0.15) is 5.69 Å². The largest absolute Gasteiger partial charge is 0.435 e. The standard InChI is InChI=1S/C19H12Cl2F3N7O2/c1-25-18(33)13-14-8(7-27-29-14)5-10(21)15(13)28-17(32)11-6-12(19(22,23)24)30-31(11)16-9(20)3-2-4-26-16/h2-7H,1H3,(H,25,33)(H,27,29)(H,28,32). The lowest BCUT2D eigenvalue weighted by Gasteiger charge is -2.14. The number of fused-ring (bicyclic) bond motifs is 1. The van der Waals surface area contributed by atoms with Gasteiger partial charge in [0.2, 0.25) is 0 Å². The number of nitrogens with zero attached hydrogens (tertiary/aromatic N) is 4. The van der Waals surface area contributed by atoms with Crippen molar-refractivity contribution >= 4 is 51.6 Å². The molecule has 3 heterocycles. The van der Waals surface area contributed by atoms with E-state index in [-0.39, 0.29) is 32.6 Å². The molecule has 0 aliphatic carbocycles. The first-order chi connectivity index (χ1) is 15.6. The van der Waals surface area contributed by atoms with Gasteiger partial charge in [0.25, 0.3) is 11.8 Å². The van der Waals surface area contributed by atoms with E-state index in [2.05, 4.69) is 30.9 Å². The van der Waals surface area contributed by atoms with Crippen molar-refractivity contribution in [3.63, 3.8) is 0 Å². The number of benzene rings is 1. The molecule has 170 valence electrons. The van der Waals surface area contributed by atoms with E-state index >= 15 is 0 Å². The van der Waals surface area contributed by atoms with Crippen LogP contribution in [0, 0.1) is 0 Å². The number of nitrogens with one attached hydrogen (secondary N) is 3. The molecule has 0 atom stereocenters. The number of aromatic nitrogens is 5. The number of pyridine rings is 1. The first kappa shape index (κ1) is 22.6. The van der Waals surface area contributed by atoms with E-state index in [1.54, 1.807) is 0 Å². The summed E-state index contributed by atoms with van der Waals surface area (Å²) in [5.74, 6) is -1.84. The fraction of sp³-hybridized carbons (Fsp3) is 0.105. The second-order valence-corrected chi connectivity index (χ2v) is 7.42. The summed E-state index contributed by atoms with van der Waals surface area (Å²) in [4.78, 5) is 29.6. The lowest BCUT2D eigenvalue weighted by atomic mass is 10.1. The Hall–Kier alpha value is -3.64. The Balaban J connectivity index is 1.86. The smallest absolute Gasteiger partial charge is 0.355 e. The van der Waals surface area contributed by atoms with Crippen molar-refractivity contribution in [2.24, 2.45) is 0 Å². The summed E-state index contributed by atoms with van der Waals surface area (Å²) in [6.07, 6.45) is -2.14. The van der Waals surface area contributed by atoms with Crippen LogP contribution in [0.15, 0.2) is 36.7 Å². The van der Waals surface area contributed by atoms with E-state index in [4.69, 9.17) is 23.2 Å². The predicted molar refractivity (Wildman–Crippen MR) is 114 cm³/mol. The molecule has 0 saturated heterocycles. The average Bonchev–Trinajstić information content (AvgIpc) is 3.41. The second-order valence-electron chi connectivity index (χ2n) is 6.61. The van der Waals surface area contributed by atoms with Crippen molar-refractivity contribution in [1.82, 2.24) is 30.3 Å². The van der Waals surface area contributed by atoms with E-state index in [1.165, 1.54) is 37.6 Å². The molecule has 3 aromatic heterocycles. The van der Waals surface area contributed by atoms with Crippen molar-refractivity contribution < 1.29 is 22.8 Å². The number of amides is 2. The molecule has 0 fully saturated rings. The molecule has 0 bridgehead atoms. The van der Waals surface area contributed by atoms with Gasteiger partial charge >= 0.3 is 6.18 Å². The Morgan fingerprint density at radius 1 is 1.15 bits per heavy atom. The number of hydrogen-bond donors (Lipinski definition) is 3. The van der Waals surface area contributed by atoms with Crippen LogP contribution >= 0.6 is 23.2 Å². The number of H-pyrrole nitrogens is 1. The van der Waals surface area contributed by atoms with Crippen LogP contribution < -0.4 is 10.6 Å². The minimum Gasteiger partial charge on any atom is -0.355 e. The number of anilines is 1. The zero-order valence-corrected chi connectivity index (χ0v) is 18.0. The van der Waals surface area contributed by atoms with E-state index in [0.29, 0.717) is 16.1 Å². The quantitative estimate of drug-likeness (QED) is 0.392. The summed E-state index contributed by atoms with van der Waals surface area (Å²) >= 11 is 12.3. The Kier molecular flexibility index (Phi) is 5.72. The number of carbonyl (C=O) groups excluding carboxylic acids is 2. The van der Waals surface area contributed by atoms with Crippen LogP contribution in [-0.2, 0) is 6.18 Å². The highest BCUT2D eigenvalue weighted by Gasteiger charge is 2.37. The third-order valence-corrected chi connectivity index (χ3v) is 5.15. The molecule has 0 unspecified atom stereocenters. The van der Waals surface area contributed by atoms with Gasteiger partial charge < -0.3 is 10.6 Å². The third-order valence-electron chi connectivity index (χ3n) is 4.55. The topological polar surface area (TPSA) is 118 Å². The van der Waals surface area contributed by atoms with Gasteiger partial charge in [-0.25, -0.2) is 9.67 Å². The maximum atomic E-state index is 13.4. The number of hydrogen-bond acceptors (Lipinski definition) is 5. The van der Waals surface area contributed by atoms with Gasteiger partial charge in [-0.15, -0.1) is 0 Å². The van der Waals surface area contributed by atoms with Crippen molar-refractivity contribution in [1.29, 1.82) is 0 Å². The molecule has 4 aromatic rings. The number of halogens is 5. The Morgan fingerprint density at radius 3 is 2.58 bits per heavy atom. The second kappa shape index (κ2) is 8.37. The SMILES string of the molecule is CNC(=O)c1c(NC(=O)c2cc(C(F)(F)F)nn2-c2ncccc2Cl)c(Cl)cc2cn[nH]c12. The summed E-state index contributed by atoms with van der Waals surface area (Å²) < 4.78 is 40.8. The highest BCUT2D eigenvalue weighted by molar-refractivity contribution is 6.36. The summed E-state index contributed by atoms with van der Waals surface area (Å²) in [5.41, 5.74) is -1.79. The highest BCUT2D eigenvalue weighted by Crippen LogP contribution is 2.34. The molecule has 33 heavy (non-hydrogen) atoms. The first-order valence-electron chi connectivity index (χ1n) is 9.09. The van der Waals surface area contributed by atoms with Gasteiger partial charge in [0, 0.05) is 24.7 Å². The first-order valence-corrected chi connectivity index (χ1v) is 9.84. The van der Waals surface area contributed by atoms with Gasteiger partial charge in [-0.2, -0.15) is 23.4 Å². The summed E-state index contributed by atoms with van der Waals surface area (Å²) in [6.45, 7) is 0. The van der Waals surface area contributed by atoms with E-state index in [9.17, 15) is 22.8 Å². The van der Waals surface area contributed by atoms with Gasteiger partial charge in [-0.1, -0.05) is 23.2 Å². The maximum absolute atomic E-state index is 13.4. The van der Waals surface area contributed by atoms with Gasteiger partial charge in [-0.3, -0.25) is 14.7 Å². The van der Waals surface area contributed by atoms with Gasteiger partial charge in [-0.05, 0) is 18.2 Å². The molecule has 1 aromatic carbocycles. The van der Waals surface area contributed by atoms with Crippen molar-refractivity contribution in [2.75, 3.05) is 12.4 Å². The number of carbonyl (C=O) groups is 2. The zero-order chi connectivity index (χ0) is 23.9. The summed E-state index contributed by atoms with van der Waals surface area (Å²) in [7, 11) is 1.37. The van der Waals surface area contributed by atoms with Crippen molar-refractivity contribution in [3.05, 3.63) is 63.7 Å². The molecule has 0 aliphatic rings. The highest BCUT2D eigenvalue weighted by atomic mass is 35.5. The molecule has 0 spiro atoms. The van der Waals surface area contributed by atoms with Crippen LogP contribution in [0.25, 0.3) is 16.7 Å². The van der Waals surface area contributed by atoms with E-state index in [1.807, 2.05) is 0 Å². The number of aromatic amines is 1. The normalized spacial score (nSPS) is 11.6. The fourth-order valence-corrected chi connectivity index (χ4v) is 3.55. The molecule has 9 nitrogen and oxygen atoms in total. The molecule has 0 saturated carbocycles. The maximum Gasteiger partial charge on any atom is 0.435 e. The zero-order valence-electron chi connectivity index (χ0n) is 16.5. The Labute approximate surface area is 192 Å². The molecular weight excluding hydrogens is 486 g/mol. The van der Waals surface area contributed by atoms with E-state index < -0.39 is 29.4 Å². The number of rotatable bonds is 4. The summed E-state index contributed by atoms with van der Waals surface area (Å²) in [5, 5.41) is 15.2. The van der Waals surface area contributed by atoms with Gasteiger partial charge in [0.05, 0.1) is 33.0 Å².